The van der Waals surface area contributed by atoms with Crippen molar-refractivity contribution in [2.45, 2.75) is 33.1 Å². The number of carbonyl (C=O) groups excluding carboxylic acids is 2. The Morgan fingerprint density at radius 1 is 0.667 bits per heavy atom. The van der Waals surface area contributed by atoms with Gasteiger partial charge < -0.3 is 33.9 Å². The van der Waals surface area contributed by atoms with Crippen molar-refractivity contribution >= 4 is 33.6 Å². The van der Waals surface area contributed by atoms with Crippen LogP contribution in [-0.4, -0.2) is 165 Å². The number of aromatic nitrogens is 2. The number of rotatable bonds is 12. The molecule has 310 valence electrons. The van der Waals surface area contributed by atoms with Crippen LogP contribution in [0.5, 0.6) is 11.5 Å². The molecule has 5 rings (SSSR count). The zero-order valence-corrected chi connectivity index (χ0v) is 33.8. The first-order chi connectivity index (χ1) is 27.6. The molecule has 1 fully saturated rings. The third-order valence-electron chi connectivity index (χ3n) is 9.80. The lowest BCUT2D eigenvalue weighted by molar-refractivity contribution is -0.141. The number of pyridine rings is 2. The highest BCUT2D eigenvalue weighted by Crippen LogP contribution is 2.33. The lowest BCUT2D eigenvalue weighted by Crippen LogP contribution is -2.33. The monoisotopic (exact) mass is 790 g/mol. The highest BCUT2D eigenvalue weighted by Gasteiger charge is 2.19. The van der Waals surface area contributed by atoms with Crippen LogP contribution >= 0.6 is 0 Å². The Hall–Kier alpha value is -4.32. The average Bonchev–Trinajstić information content (AvgIpc) is 3.19. The first-order valence-corrected chi connectivity index (χ1v) is 19.5. The maximum atomic E-state index is 11.9. The molecule has 1 aliphatic heterocycles. The molecule has 1 saturated heterocycles. The van der Waals surface area contributed by atoms with Gasteiger partial charge in [0.25, 0.3) is 0 Å². The summed E-state index contributed by atoms with van der Waals surface area (Å²) in [6, 6.07) is 11.6. The van der Waals surface area contributed by atoms with Gasteiger partial charge in [-0.15, -0.1) is 0 Å². The van der Waals surface area contributed by atoms with Gasteiger partial charge in [0, 0.05) is 86.7 Å². The van der Waals surface area contributed by atoms with Crippen LogP contribution < -0.4 is 0 Å². The minimum atomic E-state index is -0.321. The molecule has 0 atom stereocenters. The van der Waals surface area contributed by atoms with Gasteiger partial charge in [-0.25, -0.2) is 0 Å². The normalized spacial score (nSPS) is 16.5. The molecule has 15 nitrogen and oxygen atoms in total. The minimum absolute atomic E-state index is 0.0882. The Bertz CT molecular complexity index is 1890. The molecule has 2 aromatic heterocycles. The Kier molecular flexibility index (Phi) is 17.3. The van der Waals surface area contributed by atoms with E-state index in [-0.39, 0.29) is 29.8 Å². The van der Waals surface area contributed by atoms with Crippen molar-refractivity contribution in [3.63, 3.8) is 0 Å². The van der Waals surface area contributed by atoms with Crippen LogP contribution in [-0.2, 0) is 59.5 Å². The van der Waals surface area contributed by atoms with Crippen LogP contribution in [0.2, 0.25) is 0 Å². The highest BCUT2D eigenvalue weighted by atomic mass is 16.5. The van der Waals surface area contributed by atoms with E-state index >= 15 is 0 Å². The van der Waals surface area contributed by atoms with E-state index in [4.69, 9.17) is 23.7 Å². The number of hydrogen-bond acceptors (Lipinski definition) is 15. The summed E-state index contributed by atoms with van der Waals surface area (Å²) >= 11 is 0. The first-order valence-electron chi connectivity index (χ1n) is 19.5. The molecule has 0 bridgehead atoms. The van der Waals surface area contributed by atoms with E-state index in [9.17, 15) is 19.8 Å². The van der Waals surface area contributed by atoms with Crippen LogP contribution in [0.25, 0.3) is 21.8 Å². The van der Waals surface area contributed by atoms with Crippen molar-refractivity contribution in [1.29, 1.82) is 0 Å². The summed E-state index contributed by atoms with van der Waals surface area (Å²) in [4.78, 5) is 40.9. The summed E-state index contributed by atoms with van der Waals surface area (Å²) in [5, 5.41) is 24.3. The van der Waals surface area contributed by atoms with Gasteiger partial charge in [0.05, 0.1) is 73.1 Å². The number of ether oxygens (including phenoxy) is 5. The first kappa shape index (κ1) is 43.8. The number of phenols is 2. The number of nitrogens with zero attached hydrogens (tertiary/aromatic N) is 6. The summed E-state index contributed by atoms with van der Waals surface area (Å²) < 4.78 is 28.8. The quantitative estimate of drug-likeness (QED) is 0.202. The maximum absolute atomic E-state index is 11.9. The zero-order valence-electron chi connectivity index (χ0n) is 33.8. The van der Waals surface area contributed by atoms with E-state index in [1.54, 1.807) is 19.3 Å². The standard InChI is InChI=1S/C42H58N6O9/c1-31(49)25-45(2)26-32-23-34(41(51)39-36(32)7-5-9-43-39)28-47-11-15-54-19-21-56-17-13-48(14-18-57-22-20-55-16-12-47)29-35-24-33(27-46(3)30-38(50)53-4)37-8-6-10-44-40(37)42(35)52/h5-10,23-24,51-52H,11-22,25-30H2,1-4H3. The Morgan fingerprint density at radius 3 is 1.46 bits per heavy atom. The van der Waals surface area contributed by atoms with Crippen molar-refractivity contribution in [2.75, 3.05) is 113 Å². The Labute approximate surface area is 335 Å². The molecule has 0 unspecified atom stereocenters. The molecule has 57 heavy (non-hydrogen) atoms. The van der Waals surface area contributed by atoms with E-state index in [0.29, 0.717) is 123 Å². The van der Waals surface area contributed by atoms with Crippen molar-refractivity contribution in [3.8, 4) is 11.5 Å². The second kappa shape index (κ2) is 22.6. The topological polar surface area (TPSA) is 159 Å². The van der Waals surface area contributed by atoms with Gasteiger partial charge in [-0.05, 0) is 56.4 Å². The average molecular weight is 791 g/mol. The van der Waals surface area contributed by atoms with Gasteiger partial charge in [-0.1, -0.05) is 12.1 Å². The van der Waals surface area contributed by atoms with E-state index < -0.39 is 0 Å². The number of benzene rings is 2. The smallest absolute Gasteiger partial charge is 0.319 e. The minimum Gasteiger partial charge on any atom is -0.505 e. The number of methoxy groups -OCH3 is 1. The number of ketones is 1. The number of likely N-dealkylation sites (N-methyl/N-ethyl adjacent to an activating group) is 2. The fraction of sp³-hybridized carbons (Fsp3) is 0.524. The molecule has 15 heteroatoms. The Balaban J connectivity index is 1.20. The summed E-state index contributed by atoms with van der Waals surface area (Å²) in [5.74, 6) is 0.0484. The van der Waals surface area contributed by atoms with Crippen LogP contribution in [0, 0.1) is 0 Å². The van der Waals surface area contributed by atoms with Gasteiger partial charge in [0.15, 0.2) is 0 Å². The number of Topliss-reactive ketones (excluding diaryl/α,β-unsaturated/α-hetero) is 1. The molecule has 0 spiro atoms. The molecule has 2 aromatic carbocycles. The van der Waals surface area contributed by atoms with E-state index in [1.165, 1.54) is 7.11 Å². The second-order valence-corrected chi connectivity index (χ2v) is 14.5. The van der Waals surface area contributed by atoms with Gasteiger partial charge in [-0.2, -0.15) is 0 Å². The number of esters is 1. The molecular weight excluding hydrogens is 732 g/mol. The lowest BCUT2D eigenvalue weighted by atomic mass is 10.0. The number of phenolic OH excluding ortho intramolecular Hbond substituents is 2. The summed E-state index contributed by atoms with van der Waals surface area (Å²) in [7, 11) is 5.13. The van der Waals surface area contributed by atoms with E-state index in [0.717, 1.165) is 33.0 Å². The number of fused-ring (bicyclic) bond motifs is 2. The number of carbonyl (C=O) groups is 2. The van der Waals surface area contributed by atoms with Gasteiger partial charge in [-0.3, -0.25) is 39.2 Å². The van der Waals surface area contributed by atoms with Crippen LogP contribution in [0.15, 0.2) is 48.8 Å². The fourth-order valence-corrected chi connectivity index (χ4v) is 7.02. The predicted octanol–water partition coefficient (Wildman–Crippen LogP) is 3.20. The molecule has 1 aliphatic rings. The highest BCUT2D eigenvalue weighted by molar-refractivity contribution is 5.89. The van der Waals surface area contributed by atoms with Gasteiger partial charge >= 0.3 is 5.97 Å². The van der Waals surface area contributed by atoms with Crippen LogP contribution in [0.1, 0.15) is 29.2 Å². The zero-order chi connectivity index (χ0) is 40.6. The molecule has 3 heterocycles. The fourth-order valence-electron chi connectivity index (χ4n) is 7.02. The predicted molar refractivity (Wildman–Crippen MR) is 216 cm³/mol. The molecule has 0 aliphatic carbocycles. The lowest BCUT2D eigenvalue weighted by Gasteiger charge is -2.25. The largest absolute Gasteiger partial charge is 0.505 e. The van der Waals surface area contributed by atoms with Gasteiger partial charge in [0.1, 0.15) is 28.3 Å². The van der Waals surface area contributed by atoms with Crippen molar-refractivity contribution in [2.24, 2.45) is 0 Å². The summed E-state index contributed by atoms with van der Waals surface area (Å²) in [6.07, 6.45) is 3.34. The third-order valence-corrected chi connectivity index (χ3v) is 9.80. The number of aromatic hydroxyl groups is 2. The molecule has 4 aromatic rings. The molecule has 0 amide bonds. The molecule has 0 saturated carbocycles. The molecule has 0 radical (unpaired) electrons. The third kappa shape index (κ3) is 13.4. The second-order valence-electron chi connectivity index (χ2n) is 14.5. The molecule has 2 N–H and O–H groups in total. The van der Waals surface area contributed by atoms with Gasteiger partial charge in [0.2, 0.25) is 0 Å². The van der Waals surface area contributed by atoms with Crippen molar-refractivity contribution < 1.29 is 43.5 Å². The van der Waals surface area contributed by atoms with Crippen LogP contribution in [0.4, 0.5) is 0 Å². The maximum Gasteiger partial charge on any atom is 0.319 e. The number of hydrogen-bond donors (Lipinski definition) is 2. The van der Waals surface area contributed by atoms with Crippen LogP contribution in [0.3, 0.4) is 0 Å². The SMILES string of the molecule is COC(=O)CN(C)Cc1cc(CN2CCOCCOCCN(Cc3cc(CN(C)CC(C)=O)c4cccnc4c3O)CCOCCOCC2)c(O)c2ncccc12. The molecular formula is C42H58N6O9. The van der Waals surface area contributed by atoms with E-state index in [1.807, 2.05) is 60.3 Å². The van der Waals surface area contributed by atoms with E-state index in [2.05, 4.69) is 19.8 Å². The summed E-state index contributed by atoms with van der Waals surface area (Å²) in [5.41, 5.74) is 4.48. The summed E-state index contributed by atoms with van der Waals surface area (Å²) in [6.45, 7) is 9.91. The van der Waals surface area contributed by atoms with Crippen molar-refractivity contribution in [3.05, 3.63) is 71.0 Å². The Morgan fingerprint density at radius 2 is 1.07 bits per heavy atom. The van der Waals surface area contributed by atoms with Crippen molar-refractivity contribution in [1.82, 2.24) is 29.6 Å².